The number of amides is 2. The maximum Gasteiger partial charge on any atom is 0.255 e. The molecule has 2 amide bonds. The molecule has 6 heteroatoms. The number of para-hydroxylation sites is 2. The third-order valence-corrected chi connectivity index (χ3v) is 5.36. The van der Waals surface area contributed by atoms with Crippen molar-refractivity contribution in [1.82, 2.24) is 20.2 Å². The second kappa shape index (κ2) is 7.11. The van der Waals surface area contributed by atoms with Gasteiger partial charge in [0.2, 0.25) is 5.91 Å². The quantitative estimate of drug-likeness (QED) is 0.716. The molecule has 0 saturated carbocycles. The second-order valence-corrected chi connectivity index (χ2v) is 7.64. The number of nitrogens with zero attached hydrogens (tertiary/aromatic N) is 2. The first-order valence-electron chi connectivity index (χ1n) is 9.59. The lowest BCUT2D eigenvalue weighted by Crippen LogP contribution is -2.47. The highest BCUT2D eigenvalue weighted by molar-refractivity contribution is 6.01. The number of rotatable bonds is 5. The maximum atomic E-state index is 13.0. The zero-order chi connectivity index (χ0) is 19.8. The van der Waals surface area contributed by atoms with Gasteiger partial charge in [-0.2, -0.15) is 0 Å². The number of carbonyl (C=O) groups excluding carboxylic acids is 2. The van der Waals surface area contributed by atoms with Gasteiger partial charge in [-0.25, -0.2) is 4.98 Å². The molecule has 1 aliphatic rings. The minimum atomic E-state index is -0.564. The van der Waals surface area contributed by atoms with Crippen molar-refractivity contribution in [2.24, 2.45) is 5.92 Å². The standard InChI is InChI=1S/C22H24N4O2/c1-13(2)19(20-23-17-10-6-7-11-18(17)24-20)25-21(27)14(3)26-12-15-8-4-5-9-16(15)22(26)28/h4-11,13-14,19H,12H2,1-3H3,(H,23,24)(H,25,27)/t14-,19-/m0/s1. The highest BCUT2D eigenvalue weighted by atomic mass is 16.2. The fourth-order valence-electron chi connectivity index (χ4n) is 3.68. The predicted octanol–water partition coefficient (Wildman–Crippen LogP) is 3.42. The highest BCUT2D eigenvalue weighted by Crippen LogP contribution is 2.26. The van der Waals surface area contributed by atoms with Crippen LogP contribution in [-0.2, 0) is 11.3 Å². The summed E-state index contributed by atoms with van der Waals surface area (Å²) in [5.74, 6) is 0.597. The molecule has 0 bridgehead atoms. The topological polar surface area (TPSA) is 78.1 Å². The van der Waals surface area contributed by atoms with E-state index in [9.17, 15) is 9.59 Å². The average Bonchev–Trinajstić information content (AvgIpc) is 3.26. The minimum absolute atomic E-state index is 0.0944. The van der Waals surface area contributed by atoms with Crippen LogP contribution in [0, 0.1) is 5.92 Å². The Kier molecular flexibility index (Phi) is 4.63. The van der Waals surface area contributed by atoms with Gasteiger partial charge in [0.15, 0.2) is 0 Å². The normalized spacial score (nSPS) is 15.7. The summed E-state index contributed by atoms with van der Waals surface area (Å²) in [6.07, 6.45) is 0. The number of aromatic nitrogens is 2. The van der Waals surface area contributed by atoms with Gasteiger partial charge < -0.3 is 15.2 Å². The smallest absolute Gasteiger partial charge is 0.255 e. The Morgan fingerprint density at radius 1 is 1.11 bits per heavy atom. The van der Waals surface area contributed by atoms with Crippen molar-refractivity contribution < 1.29 is 9.59 Å². The summed E-state index contributed by atoms with van der Waals surface area (Å²) in [6.45, 7) is 6.31. The molecule has 0 saturated heterocycles. The fourth-order valence-corrected chi connectivity index (χ4v) is 3.68. The summed E-state index contributed by atoms with van der Waals surface area (Å²) in [5, 5.41) is 3.09. The van der Waals surface area contributed by atoms with E-state index >= 15 is 0 Å². The van der Waals surface area contributed by atoms with Crippen molar-refractivity contribution in [3.63, 3.8) is 0 Å². The summed E-state index contributed by atoms with van der Waals surface area (Å²) < 4.78 is 0. The van der Waals surface area contributed by atoms with E-state index in [1.165, 1.54) is 0 Å². The zero-order valence-corrected chi connectivity index (χ0v) is 16.3. The number of aromatic amines is 1. The number of H-pyrrole nitrogens is 1. The van der Waals surface area contributed by atoms with Crippen LogP contribution in [0.1, 0.15) is 48.6 Å². The first kappa shape index (κ1) is 18.2. The Morgan fingerprint density at radius 2 is 1.82 bits per heavy atom. The molecule has 0 spiro atoms. The first-order valence-corrected chi connectivity index (χ1v) is 9.59. The number of hydrogen-bond acceptors (Lipinski definition) is 3. The monoisotopic (exact) mass is 376 g/mol. The molecule has 28 heavy (non-hydrogen) atoms. The van der Waals surface area contributed by atoms with Crippen LogP contribution in [-0.4, -0.2) is 32.7 Å². The Hall–Kier alpha value is -3.15. The first-order chi connectivity index (χ1) is 13.5. The summed E-state index contributed by atoms with van der Waals surface area (Å²) in [6, 6.07) is 14.5. The Bertz CT molecular complexity index is 1010. The molecule has 1 aromatic heterocycles. The van der Waals surface area contributed by atoms with E-state index in [0.717, 1.165) is 22.4 Å². The van der Waals surface area contributed by atoms with Gasteiger partial charge in [-0.3, -0.25) is 9.59 Å². The molecular weight excluding hydrogens is 352 g/mol. The van der Waals surface area contributed by atoms with Crippen LogP contribution in [0.15, 0.2) is 48.5 Å². The Balaban J connectivity index is 1.53. The number of hydrogen-bond donors (Lipinski definition) is 2. The summed E-state index contributed by atoms with van der Waals surface area (Å²) in [5.41, 5.74) is 3.45. The molecule has 2 heterocycles. The van der Waals surface area contributed by atoms with Crippen molar-refractivity contribution in [2.75, 3.05) is 0 Å². The van der Waals surface area contributed by atoms with Crippen LogP contribution >= 0.6 is 0 Å². The number of benzene rings is 2. The fraction of sp³-hybridized carbons (Fsp3) is 0.318. The number of carbonyl (C=O) groups is 2. The molecule has 0 unspecified atom stereocenters. The van der Waals surface area contributed by atoms with E-state index in [1.807, 2.05) is 62.4 Å². The molecule has 3 aromatic rings. The molecule has 2 N–H and O–H groups in total. The molecule has 0 fully saturated rings. The second-order valence-electron chi connectivity index (χ2n) is 7.64. The van der Waals surface area contributed by atoms with Gasteiger partial charge in [0.1, 0.15) is 11.9 Å². The van der Waals surface area contributed by atoms with Gasteiger partial charge in [0.25, 0.3) is 5.91 Å². The lowest BCUT2D eigenvalue weighted by molar-refractivity contribution is -0.126. The van der Waals surface area contributed by atoms with Gasteiger partial charge in [-0.1, -0.05) is 44.2 Å². The maximum absolute atomic E-state index is 13.0. The molecule has 0 aliphatic carbocycles. The van der Waals surface area contributed by atoms with Crippen molar-refractivity contribution in [3.8, 4) is 0 Å². The van der Waals surface area contributed by atoms with Gasteiger partial charge >= 0.3 is 0 Å². The van der Waals surface area contributed by atoms with Gasteiger partial charge in [0, 0.05) is 12.1 Å². The highest BCUT2D eigenvalue weighted by Gasteiger charge is 2.35. The van der Waals surface area contributed by atoms with Crippen LogP contribution in [0.3, 0.4) is 0 Å². The Morgan fingerprint density at radius 3 is 2.54 bits per heavy atom. The van der Waals surface area contributed by atoms with E-state index < -0.39 is 6.04 Å². The van der Waals surface area contributed by atoms with Gasteiger partial charge in [-0.15, -0.1) is 0 Å². The molecule has 6 nitrogen and oxygen atoms in total. The summed E-state index contributed by atoms with van der Waals surface area (Å²) in [7, 11) is 0. The van der Waals surface area contributed by atoms with Crippen LogP contribution in [0.25, 0.3) is 11.0 Å². The lowest BCUT2D eigenvalue weighted by atomic mass is 10.0. The third-order valence-electron chi connectivity index (χ3n) is 5.36. The van der Waals surface area contributed by atoms with Crippen LogP contribution < -0.4 is 5.32 Å². The molecule has 1 aliphatic heterocycles. The van der Waals surface area contributed by atoms with Crippen LogP contribution in [0.4, 0.5) is 0 Å². The van der Waals surface area contributed by atoms with Crippen LogP contribution in [0.5, 0.6) is 0 Å². The van der Waals surface area contributed by atoms with E-state index in [2.05, 4.69) is 15.3 Å². The molecule has 4 rings (SSSR count). The molecule has 2 aromatic carbocycles. The molecule has 0 radical (unpaired) electrons. The van der Waals surface area contributed by atoms with Crippen LogP contribution in [0.2, 0.25) is 0 Å². The predicted molar refractivity (Wildman–Crippen MR) is 108 cm³/mol. The SMILES string of the molecule is CC(C)[C@H](NC(=O)[C@H](C)N1Cc2ccccc2C1=O)c1nc2ccccc2[nH]1. The summed E-state index contributed by atoms with van der Waals surface area (Å²) in [4.78, 5) is 35.2. The van der Waals surface area contributed by atoms with Crippen molar-refractivity contribution >= 4 is 22.8 Å². The largest absolute Gasteiger partial charge is 0.344 e. The molecular formula is C22H24N4O2. The molecule has 2 atom stereocenters. The number of nitrogens with one attached hydrogen (secondary N) is 2. The molecule has 144 valence electrons. The van der Waals surface area contributed by atoms with E-state index in [-0.39, 0.29) is 23.8 Å². The van der Waals surface area contributed by atoms with E-state index in [0.29, 0.717) is 12.1 Å². The van der Waals surface area contributed by atoms with Crippen molar-refractivity contribution in [1.29, 1.82) is 0 Å². The van der Waals surface area contributed by atoms with Crippen molar-refractivity contribution in [2.45, 2.75) is 39.4 Å². The lowest BCUT2D eigenvalue weighted by Gasteiger charge is -2.27. The zero-order valence-electron chi connectivity index (χ0n) is 16.3. The van der Waals surface area contributed by atoms with E-state index in [1.54, 1.807) is 11.8 Å². The Labute approximate surface area is 164 Å². The number of imidazole rings is 1. The van der Waals surface area contributed by atoms with E-state index in [4.69, 9.17) is 0 Å². The average molecular weight is 376 g/mol. The third kappa shape index (κ3) is 3.15. The van der Waals surface area contributed by atoms with Crippen molar-refractivity contribution in [3.05, 3.63) is 65.5 Å². The summed E-state index contributed by atoms with van der Waals surface area (Å²) >= 11 is 0. The minimum Gasteiger partial charge on any atom is -0.344 e. The van der Waals surface area contributed by atoms with Gasteiger partial charge in [0.05, 0.1) is 17.1 Å². The number of fused-ring (bicyclic) bond motifs is 2. The van der Waals surface area contributed by atoms with Gasteiger partial charge in [-0.05, 0) is 36.6 Å².